The van der Waals surface area contributed by atoms with Crippen LogP contribution in [0.1, 0.15) is 52.5 Å². The summed E-state index contributed by atoms with van der Waals surface area (Å²) in [5.41, 5.74) is 1.51. The number of carboxylic acid groups (broad SMARTS) is 1. The van der Waals surface area contributed by atoms with Gasteiger partial charge in [-0.05, 0) is 69.1 Å². The molecule has 22 heavy (non-hydrogen) atoms. The Hall–Kier alpha value is -0.990. The third-order valence-corrected chi connectivity index (χ3v) is 4.36. The van der Waals surface area contributed by atoms with Crippen LogP contribution >= 0.6 is 9.24 Å². The first-order chi connectivity index (χ1) is 9.79. The Bertz CT molecular complexity index is 474. The monoisotopic (exact) mass is 329 g/mol. The molecule has 0 amide bonds. The zero-order valence-electron chi connectivity index (χ0n) is 13.0. The van der Waals surface area contributed by atoms with Crippen molar-refractivity contribution in [1.82, 2.24) is 4.90 Å². The van der Waals surface area contributed by atoms with Gasteiger partial charge in [0.05, 0.1) is 0 Å². The predicted molar refractivity (Wildman–Crippen MR) is 94.5 cm³/mol. The van der Waals surface area contributed by atoms with E-state index in [2.05, 4.69) is 34.9 Å². The van der Waals surface area contributed by atoms with Gasteiger partial charge in [-0.1, -0.05) is 13.5 Å². The Morgan fingerprint density at radius 3 is 2.50 bits per heavy atom. The van der Waals surface area contributed by atoms with E-state index in [4.69, 9.17) is 9.90 Å². The SMILES string of the molecule is C.CC(C)(C)N1CCCC(c2ccc(F)cc2P)C1.O=CO. The van der Waals surface area contributed by atoms with Crippen LogP contribution in [0, 0.1) is 5.82 Å². The van der Waals surface area contributed by atoms with Crippen LogP contribution in [-0.4, -0.2) is 35.1 Å². The topological polar surface area (TPSA) is 40.5 Å². The number of carbonyl (C=O) groups is 1. The van der Waals surface area contributed by atoms with E-state index in [9.17, 15) is 4.39 Å². The highest BCUT2D eigenvalue weighted by molar-refractivity contribution is 7.27. The van der Waals surface area contributed by atoms with Crippen molar-refractivity contribution in [2.45, 2.75) is 52.5 Å². The second-order valence-electron chi connectivity index (χ2n) is 6.33. The lowest BCUT2D eigenvalue weighted by atomic mass is 9.88. The van der Waals surface area contributed by atoms with Gasteiger partial charge >= 0.3 is 0 Å². The molecule has 2 atom stereocenters. The van der Waals surface area contributed by atoms with Gasteiger partial charge in [-0.15, -0.1) is 9.24 Å². The number of likely N-dealkylation sites (tertiary alicyclic amines) is 1. The molecule has 1 aromatic carbocycles. The fourth-order valence-corrected chi connectivity index (χ4v) is 3.25. The molecule has 1 aliphatic heterocycles. The van der Waals surface area contributed by atoms with E-state index in [1.165, 1.54) is 24.9 Å². The molecule has 0 bridgehead atoms. The van der Waals surface area contributed by atoms with Crippen LogP contribution in [0.3, 0.4) is 0 Å². The molecule has 0 aliphatic carbocycles. The predicted octanol–water partition coefficient (Wildman–Crippen LogP) is 3.64. The van der Waals surface area contributed by atoms with Crippen molar-refractivity contribution in [3.63, 3.8) is 0 Å². The largest absolute Gasteiger partial charge is 0.483 e. The summed E-state index contributed by atoms with van der Waals surface area (Å²) in [6.07, 6.45) is 2.43. The number of benzene rings is 1. The van der Waals surface area contributed by atoms with Crippen LogP contribution in [0.15, 0.2) is 18.2 Å². The minimum atomic E-state index is -0.250. The quantitative estimate of drug-likeness (QED) is 0.632. The molecular weight excluding hydrogens is 300 g/mol. The smallest absolute Gasteiger partial charge is 0.290 e. The van der Waals surface area contributed by atoms with Crippen molar-refractivity contribution in [1.29, 1.82) is 0 Å². The maximum absolute atomic E-state index is 13.2. The van der Waals surface area contributed by atoms with E-state index >= 15 is 0 Å². The highest BCUT2D eigenvalue weighted by Crippen LogP contribution is 2.30. The first-order valence-electron chi connectivity index (χ1n) is 7.17. The molecule has 1 aliphatic rings. The molecule has 0 saturated carbocycles. The Morgan fingerprint density at radius 2 is 2.00 bits per heavy atom. The maximum Gasteiger partial charge on any atom is 0.290 e. The van der Waals surface area contributed by atoms with Crippen LogP contribution < -0.4 is 5.30 Å². The summed E-state index contributed by atoms with van der Waals surface area (Å²) >= 11 is 0. The van der Waals surface area contributed by atoms with Gasteiger partial charge < -0.3 is 5.11 Å². The van der Waals surface area contributed by atoms with Gasteiger partial charge in [-0.25, -0.2) is 4.39 Å². The number of rotatable bonds is 1. The Kier molecular flexibility index (Phi) is 8.80. The van der Waals surface area contributed by atoms with Crippen molar-refractivity contribution in [3.05, 3.63) is 29.6 Å². The minimum Gasteiger partial charge on any atom is -0.483 e. The summed E-state index contributed by atoms with van der Waals surface area (Å²) in [6, 6.07) is 5.16. The number of hydrogen-bond donors (Lipinski definition) is 1. The molecular formula is C17H29FNO2P. The van der Waals surface area contributed by atoms with E-state index in [0.717, 1.165) is 11.8 Å². The molecule has 126 valence electrons. The van der Waals surface area contributed by atoms with Gasteiger partial charge in [-0.2, -0.15) is 0 Å². The van der Waals surface area contributed by atoms with E-state index in [1.807, 2.05) is 6.07 Å². The third-order valence-electron chi connectivity index (χ3n) is 3.86. The summed E-state index contributed by atoms with van der Waals surface area (Å²) in [4.78, 5) is 10.9. The van der Waals surface area contributed by atoms with Crippen molar-refractivity contribution < 1.29 is 14.3 Å². The number of halogens is 1. The van der Waals surface area contributed by atoms with Gasteiger partial charge in [0.2, 0.25) is 0 Å². The third kappa shape index (κ3) is 6.02. The van der Waals surface area contributed by atoms with Gasteiger partial charge in [0.25, 0.3) is 6.47 Å². The average molecular weight is 329 g/mol. The summed E-state index contributed by atoms with van der Waals surface area (Å²) in [5.74, 6) is 0.387. The average Bonchev–Trinajstić information content (AvgIpc) is 2.39. The fraction of sp³-hybridized carbons (Fsp3) is 0.588. The molecule has 0 spiro atoms. The Morgan fingerprint density at radius 1 is 1.41 bits per heavy atom. The summed E-state index contributed by atoms with van der Waals surface area (Å²) < 4.78 is 13.2. The molecule has 0 radical (unpaired) electrons. The van der Waals surface area contributed by atoms with Crippen molar-refractivity contribution in [3.8, 4) is 0 Å². The molecule has 1 aromatic rings. The van der Waals surface area contributed by atoms with Crippen LogP contribution in [-0.2, 0) is 4.79 Å². The molecule has 5 heteroatoms. The van der Waals surface area contributed by atoms with Crippen LogP contribution in [0.25, 0.3) is 0 Å². The lowest BCUT2D eigenvalue weighted by Gasteiger charge is -2.42. The minimum absolute atomic E-state index is 0. The van der Waals surface area contributed by atoms with Gasteiger partial charge in [0.1, 0.15) is 5.82 Å². The van der Waals surface area contributed by atoms with Crippen molar-refractivity contribution in [2.75, 3.05) is 13.1 Å². The lowest BCUT2D eigenvalue weighted by molar-refractivity contribution is -0.122. The Labute approximate surface area is 136 Å². The van der Waals surface area contributed by atoms with E-state index in [0.29, 0.717) is 5.92 Å². The molecule has 1 heterocycles. The maximum atomic E-state index is 13.2. The van der Waals surface area contributed by atoms with Crippen LogP contribution in [0.4, 0.5) is 4.39 Å². The van der Waals surface area contributed by atoms with Gasteiger partial charge in [-0.3, -0.25) is 9.69 Å². The Balaban J connectivity index is 0.00000102. The first kappa shape index (κ1) is 21.0. The molecule has 1 saturated heterocycles. The standard InChI is InChI=1S/C15H23FNP.CH2O2.CH4/c1-15(2,3)17-8-4-5-11(10-17)13-7-6-12(16)9-14(13)18;2-1-3;/h6-7,9,11H,4-5,8,10,18H2,1-3H3;1H,(H,2,3);1H4. The zero-order chi connectivity index (χ0) is 16.0. The van der Waals surface area contributed by atoms with Crippen molar-refractivity contribution >= 4 is 21.0 Å². The second kappa shape index (κ2) is 9.22. The highest BCUT2D eigenvalue weighted by Gasteiger charge is 2.29. The molecule has 2 unspecified atom stereocenters. The second-order valence-corrected chi connectivity index (χ2v) is 6.96. The number of piperidine rings is 1. The van der Waals surface area contributed by atoms with E-state index in [-0.39, 0.29) is 25.3 Å². The first-order valence-corrected chi connectivity index (χ1v) is 7.75. The summed E-state index contributed by atoms with van der Waals surface area (Å²) in [6.45, 7) is 8.80. The van der Waals surface area contributed by atoms with Crippen molar-refractivity contribution in [2.24, 2.45) is 0 Å². The van der Waals surface area contributed by atoms with E-state index in [1.54, 1.807) is 12.1 Å². The molecule has 2 rings (SSSR count). The molecule has 1 N–H and O–H groups in total. The van der Waals surface area contributed by atoms with E-state index < -0.39 is 0 Å². The van der Waals surface area contributed by atoms with Crippen LogP contribution in [0.5, 0.6) is 0 Å². The number of hydrogen-bond acceptors (Lipinski definition) is 2. The fourth-order valence-electron chi connectivity index (χ4n) is 2.76. The normalized spacial score (nSPS) is 18.7. The van der Waals surface area contributed by atoms with Gasteiger partial charge in [0, 0.05) is 12.1 Å². The van der Waals surface area contributed by atoms with Crippen LogP contribution in [0.2, 0.25) is 0 Å². The highest BCUT2D eigenvalue weighted by atomic mass is 31.0. The van der Waals surface area contributed by atoms with Gasteiger partial charge in [0.15, 0.2) is 0 Å². The summed E-state index contributed by atoms with van der Waals surface area (Å²) in [7, 11) is 2.68. The molecule has 0 aromatic heterocycles. The summed E-state index contributed by atoms with van der Waals surface area (Å²) in [5, 5.41) is 7.90. The lowest BCUT2D eigenvalue weighted by Crippen LogP contribution is -2.47. The zero-order valence-corrected chi connectivity index (χ0v) is 14.1. The number of nitrogens with zero attached hydrogens (tertiary/aromatic N) is 1. The molecule has 3 nitrogen and oxygen atoms in total. The molecule has 1 fully saturated rings.